The Labute approximate surface area is 42.9 Å². The Hall–Kier alpha value is -0.950. The van der Waals surface area contributed by atoms with Crippen LogP contribution in [0.1, 0.15) is 6.92 Å². The maximum absolute atomic E-state index is 4.71. The monoisotopic (exact) mass is 99.1 g/mol. The van der Waals surface area contributed by atoms with Crippen LogP contribution in [0, 0.1) is 0 Å². The molecule has 0 fully saturated rings. The van der Waals surface area contributed by atoms with Crippen molar-refractivity contribution < 1.29 is 0 Å². The highest BCUT2D eigenvalue weighted by atomic mass is 15.1. The van der Waals surface area contributed by atoms with Gasteiger partial charge in [0.15, 0.2) is 0 Å². The van der Waals surface area contributed by atoms with E-state index in [1.807, 2.05) is 6.92 Å². The SMILES string of the molecule is CCNC=C=NN. The molecule has 0 rings (SSSR count). The number of nitrogens with zero attached hydrogens (tertiary/aromatic N) is 1. The molecule has 0 spiro atoms. The largest absolute Gasteiger partial charge is 0.384 e. The smallest absolute Gasteiger partial charge is 0.0614 e. The first-order valence-electron chi connectivity index (χ1n) is 2.12. The molecule has 0 heterocycles. The van der Waals surface area contributed by atoms with E-state index in [1.54, 1.807) is 6.20 Å². The highest BCUT2D eigenvalue weighted by Crippen LogP contribution is 1.48. The lowest BCUT2D eigenvalue weighted by Crippen LogP contribution is -2.01. The lowest BCUT2D eigenvalue weighted by molar-refractivity contribution is 0.926. The second-order valence-electron chi connectivity index (χ2n) is 0.960. The van der Waals surface area contributed by atoms with Crippen LogP contribution in [0.25, 0.3) is 0 Å². The first-order valence-corrected chi connectivity index (χ1v) is 2.12. The molecule has 40 valence electrons. The second-order valence-corrected chi connectivity index (χ2v) is 0.960. The molecule has 0 aromatic carbocycles. The molecule has 0 saturated carbocycles. The number of nitrogens with two attached hydrogens (primary N) is 1. The van der Waals surface area contributed by atoms with E-state index >= 15 is 0 Å². The summed E-state index contributed by atoms with van der Waals surface area (Å²) < 4.78 is 0. The zero-order valence-electron chi connectivity index (χ0n) is 4.31. The Morgan fingerprint density at radius 2 is 2.71 bits per heavy atom. The van der Waals surface area contributed by atoms with E-state index in [-0.39, 0.29) is 0 Å². The Morgan fingerprint density at radius 3 is 3.14 bits per heavy atom. The van der Waals surface area contributed by atoms with Crippen LogP contribution in [0.4, 0.5) is 0 Å². The molecule has 0 aliphatic heterocycles. The molecular weight excluding hydrogens is 90.1 g/mol. The quantitative estimate of drug-likeness (QED) is 0.282. The van der Waals surface area contributed by atoms with Crippen LogP contribution >= 0.6 is 0 Å². The summed E-state index contributed by atoms with van der Waals surface area (Å²) in [6, 6.07) is 0. The molecule has 0 aromatic rings. The fourth-order valence-corrected chi connectivity index (χ4v) is 0.185. The van der Waals surface area contributed by atoms with Crippen molar-refractivity contribution in [3.8, 4) is 0 Å². The third-order valence-corrected chi connectivity index (χ3v) is 0.445. The summed E-state index contributed by atoms with van der Waals surface area (Å²) in [5.41, 5.74) is 0. The molecule has 0 radical (unpaired) electrons. The number of hydrogen-bond acceptors (Lipinski definition) is 3. The molecule has 3 nitrogen and oxygen atoms in total. The van der Waals surface area contributed by atoms with Crippen molar-refractivity contribution in [2.24, 2.45) is 10.9 Å². The molecule has 0 saturated heterocycles. The zero-order chi connectivity index (χ0) is 5.54. The molecular formula is C4H9N3. The molecule has 0 atom stereocenters. The average molecular weight is 99.1 g/mol. The van der Waals surface area contributed by atoms with Gasteiger partial charge in [0.25, 0.3) is 0 Å². The van der Waals surface area contributed by atoms with Gasteiger partial charge in [-0.1, -0.05) is 0 Å². The highest BCUT2D eigenvalue weighted by Gasteiger charge is 1.59. The van der Waals surface area contributed by atoms with Gasteiger partial charge in [0, 0.05) is 12.4 Å². The minimum Gasteiger partial charge on any atom is -0.384 e. The van der Waals surface area contributed by atoms with Crippen molar-refractivity contribution in [1.29, 1.82) is 0 Å². The van der Waals surface area contributed by atoms with E-state index in [1.165, 1.54) is 0 Å². The third-order valence-electron chi connectivity index (χ3n) is 0.445. The average Bonchev–Trinajstić information content (AvgIpc) is 1.69. The molecule has 0 bridgehead atoms. The van der Waals surface area contributed by atoms with Crippen molar-refractivity contribution in [2.75, 3.05) is 6.54 Å². The third kappa shape index (κ3) is 5.05. The van der Waals surface area contributed by atoms with E-state index < -0.39 is 0 Å². The predicted molar refractivity (Wildman–Crippen MR) is 29.9 cm³/mol. The van der Waals surface area contributed by atoms with Crippen LogP contribution in [-0.4, -0.2) is 12.4 Å². The fourth-order valence-electron chi connectivity index (χ4n) is 0.185. The Morgan fingerprint density at radius 1 is 2.00 bits per heavy atom. The van der Waals surface area contributed by atoms with Crippen molar-refractivity contribution in [2.45, 2.75) is 6.92 Å². The van der Waals surface area contributed by atoms with Crippen LogP contribution < -0.4 is 11.2 Å². The predicted octanol–water partition coefficient (Wildman–Crippen LogP) is -0.347. The van der Waals surface area contributed by atoms with E-state index in [4.69, 9.17) is 5.84 Å². The molecule has 7 heavy (non-hydrogen) atoms. The summed E-state index contributed by atoms with van der Waals surface area (Å²) in [5, 5.41) is 5.94. The van der Waals surface area contributed by atoms with E-state index in [9.17, 15) is 0 Å². The molecule has 0 aromatic heterocycles. The summed E-state index contributed by atoms with van der Waals surface area (Å²) in [6.07, 6.45) is 1.57. The van der Waals surface area contributed by atoms with Gasteiger partial charge in [-0.2, -0.15) is 0 Å². The molecule has 0 aliphatic carbocycles. The lowest BCUT2D eigenvalue weighted by Gasteiger charge is -1.82. The maximum atomic E-state index is 4.71. The maximum Gasteiger partial charge on any atom is 0.0614 e. The van der Waals surface area contributed by atoms with E-state index in [0.29, 0.717) is 0 Å². The topological polar surface area (TPSA) is 50.4 Å². The standard InChI is InChI=1S/C4H9N3/c1-2-6-3-4-7-5/h3,6H,2,5H2,1H3. The van der Waals surface area contributed by atoms with Gasteiger partial charge in [0.2, 0.25) is 0 Å². The van der Waals surface area contributed by atoms with Gasteiger partial charge in [-0.3, -0.25) is 0 Å². The number of hydrazone groups is 1. The summed E-state index contributed by atoms with van der Waals surface area (Å²) >= 11 is 0. The minimum atomic E-state index is 0.878. The van der Waals surface area contributed by atoms with Crippen LogP contribution in [0.15, 0.2) is 11.3 Å². The van der Waals surface area contributed by atoms with Crippen molar-refractivity contribution in [3.63, 3.8) is 0 Å². The summed E-state index contributed by atoms with van der Waals surface area (Å²) in [4.78, 5) is 0. The lowest BCUT2D eigenvalue weighted by atomic mass is 10.7. The summed E-state index contributed by atoms with van der Waals surface area (Å²) in [5.74, 6) is 7.13. The fraction of sp³-hybridized carbons (Fsp3) is 0.500. The molecule has 0 amide bonds. The Kier molecular flexibility index (Phi) is 4.36. The van der Waals surface area contributed by atoms with Gasteiger partial charge in [0.05, 0.1) is 6.20 Å². The zero-order valence-corrected chi connectivity index (χ0v) is 4.31. The minimum absolute atomic E-state index is 0.878. The van der Waals surface area contributed by atoms with Gasteiger partial charge in [-0.05, 0) is 6.92 Å². The van der Waals surface area contributed by atoms with Gasteiger partial charge in [0.1, 0.15) is 0 Å². The Balaban J connectivity index is 3.10. The van der Waals surface area contributed by atoms with Crippen LogP contribution in [0.5, 0.6) is 0 Å². The molecule has 0 aliphatic rings. The van der Waals surface area contributed by atoms with Crippen molar-refractivity contribution in [1.82, 2.24) is 5.32 Å². The van der Waals surface area contributed by atoms with Crippen LogP contribution in [0.3, 0.4) is 0 Å². The van der Waals surface area contributed by atoms with Gasteiger partial charge < -0.3 is 11.2 Å². The van der Waals surface area contributed by atoms with Crippen LogP contribution in [0.2, 0.25) is 0 Å². The van der Waals surface area contributed by atoms with Gasteiger partial charge in [-0.15, -0.1) is 5.10 Å². The van der Waals surface area contributed by atoms with Crippen molar-refractivity contribution in [3.05, 3.63) is 6.20 Å². The number of rotatable bonds is 2. The van der Waals surface area contributed by atoms with Gasteiger partial charge >= 0.3 is 0 Å². The summed E-state index contributed by atoms with van der Waals surface area (Å²) in [7, 11) is 0. The first-order chi connectivity index (χ1) is 3.41. The normalized spacial score (nSPS) is 6.43. The highest BCUT2D eigenvalue weighted by molar-refractivity contribution is 5.49. The van der Waals surface area contributed by atoms with Crippen LogP contribution in [-0.2, 0) is 0 Å². The van der Waals surface area contributed by atoms with E-state index in [2.05, 4.69) is 16.3 Å². The Bertz CT molecular complexity index is 80.9. The number of nitrogens with one attached hydrogen (secondary N) is 1. The van der Waals surface area contributed by atoms with E-state index in [0.717, 1.165) is 6.54 Å². The van der Waals surface area contributed by atoms with Crippen molar-refractivity contribution >= 4 is 5.87 Å². The first kappa shape index (κ1) is 6.05. The second kappa shape index (κ2) is 5.05. The molecule has 0 unspecified atom stereocenters. The number of hydrogen-bond donors (Lipinski definition) is 2. The molecule has 3 heteroatoms. The summed E-state index contributed by atoms with van der Waals surface area (Å²) in [6.45, 7) is 2.86. The van der Waals surface area contributed by atoms with Gasteiger partial charge in [-0.25, -0.2) is 0 Å². The molecule has 3 N–H and O–H groups in total.